The van der Waals surface area contributed by atoms with Crippen LogP contribution in [0.15, 0.2) is 42.5 Å². The fourth-order valence-corrected chi connectivity index (χ4v) is 2.33. The molecule has 0 saturated carbocycles. The van der Waals surface area contributed by atoms with Crippen LogP contribution < -0.4 is 11.3 Å². The molecule has 94 valence electrons. The minimum atomic E-state index is -0.877. The van der Waals surface area contributed by atoms with E-state index in [1.807, 2.05) is 24.3 Å². The van der Waals surface area contributed by atoms with Gasteiger partial charge in [0.2, 0.25) is 0 Å². The van der Waals surface area contributed by atoms with Crippen LogP contribution in [0.25, 0.3) is 0 Å². The molecule has 1 unspecified atom stereocenters. The maximum Gasteiger partial charge on any atom is 0.159 e. The zero-order chi connectivity index (χ0) is 13.1. The Bertz CT molecular complexity index is 560. The van der Waals surface area contributed by atoms with Crippen LogP contribution >= 0.6 is 22.6 Å². The SMILES string of the molecule is NNC(c1cccc(I)c1)c1ccc(F)c(F)c1. The van der Waals surface area contributed by atoms with Crippen LogP contribution in [0.5, 0.6) is 0 Å². The Morgan fingerprint density at radius 2 is 1.72 bits per heavy atom. The van der Waals surface area contributed by atoms with Gasteiger partial charge in [-0.15, -0.1) is 0 Å². The molecule has 0 bridgehead atoms. The van der Waals surface area contributed by atoms with Gasteiger partial charge in [0.15, 0.2) is 11.6 Å². The van der Waals surface area contributed by atoms with Crippen molar-refractivity contribution in [3.8, 4) is 0 Å². The van der Waals surface area contributed by atoms with Gasteiger partial charge in [0.05, 0.1) is 6.04 Å². The molecule has 0 aliphatic rings. The van der Waals surface area contributed by atoms with E-state index in [0.717, 1.165) is 21.3 Å². The monoisotopic (exact) mass is 360 g/mol. The molecule has 0 spiro atoms. The van der Waals surface area contributed by atoms with E-state index < -0.39 is 11.6 Å². The van der Waals surface area contributed by atoms with Crippen molar-refractivity contribution in [2.45, 2.75) is 6.04 Å². The topological polar surface area (TPSA) is 38.0 Å². The number of hydrogen-bond acceptors (Lipinski definition) is 2. The second kappa shape index (κ2) is 5.73. The Hall–Kier alpha value is -1.05. The summed E-state index contributed by atoms with van der Waals surface area (Å²) in [4.78, 5) is 0. The first-order valence-corrected chi connectivity index (χ1v) is 6.36. The summed E-state index contributed by atoms with van der Waals surface area (Å²) in [6.07, 6.45) is 0. The van der Waals surface area contributed by atoms with E-state index in [2.05, 4.69) is 28.0 Å². The Morgan fingerprint density at radius 1 is 1.00 bits per heavy atom. The van der Waals surface area contributed by atoms with Gasteiger partial charge in [-0.3, -0.25) is 5.84 Å². The average molecular weight is 360 g/mol. The number of nitrogens with two attached hydrogens (primary N) is 1. The summed E-state index contributed by atoms with van der Waals surface area (Å²) in [7, 11) is 0. The number of hydrogen-bond donors (Lipinski definition) is 2. The molecular formula is C13H11F2IN2. The van der Waals surface area contributed by atoms with E-state index in [1.165, 1.54) is 6.07 Å². The lowest BCUT2D eigenvalue weighted by Gasteiger charge is -2.17. The number of rotatable bonds is 3. The number of benzene rings is 2. The Morgan fingerprint density at radius 3 is 2.33 bits per heavy atom. The molecule has 0 amide bonds. The molecule has 0 aromatic heterocycles. The third-order valence-electron chi connectivity index (χ3n) is 2.63. The molecule has 3 N–H and O–H groups in total. The molecule has 18 heavy (non-hydrogen) atoms. The average Bonchev–Trinajstić information content (AvgIpc) is 2.35. The zero-order valence-corrected chi connectivity index (χ0v) is 11.5. The standard InChI is InChI=1S/C13H11F2IN2/c14-11-5-4-9(7-12(11)15)13(18-17)8-2-1-3-10(16)6-8/h1-7,13,18H,17H2. The molecule has 0 aliphatic heterocycles. The van der Waals surface area contributed by atoms with Gasteiger partial charge in [-0.2, -0.15) is 0 Å². The minimum absolute atomic E-state index is 0.366. The van der Waals surface area contributed by atoms with Crippen molar-refractivity contribution >= 4 is 22.6 Å². The summed E-state index contributed by atoms with van der Waals surface area (Å²) in [5.41, 5.74) is 4.10. The van der Waals surface area contributed by atoms with Gasteiger partial charge in [-0.25, -0.2) is 14.2 Å². The quantitative estimate of drug-likeness (QED) is 0.502. The van der Waals surface area contributed by atoms with Gasteiger partial charge >= 0.3 is 0 Å². The fourth-order valence-electron chi connectivity index (χ4n) is 1.76. The second-order valence-electron chi connectivity index (χ2n) is 3.83. The molecule has 0 aliphatic carbocycles. The van der Waals surface area contributed by atoms with Crippen LogP contribution in [0.3, 0.4) is 0 Å². The lowest BCUT2D eigenvalue weighted by atomic mass is 9.99. The van der Waals surface area contributed by atoms with Gasteiger partial charge in [0.25, 0.3) is 0 Å². The van der Waals surface area contributed by atoms with Gasteiger partial charge in [0.1, 0.15) is 0 Å². The van der Waals surface area contributed by atoms with Gasteiger partial charge < -0.3 is 0 Å². The lowest BCUT2D eigenvalue weighted by molar-refractivity contribution is 0.504. The Labute approximate surface area is 117 Å². The number of halogens is 3. The maximum atomic E-state index is 13.2. The Balaban J connectivity index is 2.42. The van der Waals surface area contributed by atoms with Crippen LogP contribution in [0.4, 0.5) is 8.78 Å². The Kier molecular flexibility index (Phi) is 4.26. The first-order valence-electron chi connectivity index (χ1n) is 5.28. The summed E-state index contributed by atoms with van der Waals surface area (Å²) in [5, 5.41) is 0. The molecule has 2 nitrogen and oxygen atoms in total. The first kappa shape index (κ1) is 13.4. The predicted octanol–water partition coefficient (Wildman–Crippen LogP) is 3.12. The molecule has 1 atom stereocenters. The second-order valence-corrected chi connectivity index (χ2v) is 5.07. The maximum absolute atomic E-state index is 13.2. The van der Waals surface area contributed by atoms with Crippen molar-refractivity contribution in [1.29, 1.82) is 0 Å². The third-order valence-corrected chi connectivity index (χ3v) is 3.30. The van der Waals surface area contributed by atoms with Crippen molar-refractivity contribution in [2.75, 3.05) is 0 Å². The molecule has 2 aromatic carbocycles. The van der Waals surface area contributed by atoms with Crippen molar-refractivity contribution in [3.63, 3.8) is 0 Å². The van der Waals surface area contributed by atoms with Crippen molar-refractivity contribution in [2.24, 2.45) is 5.84 Å². The van der Waals surface area contributed by atoms with Crippen molar-refractivity contribution in [1.82, 2.24) is 5.43 Å². The molecule has 2 aromatic rings. The molecular weight excluding hydrogens is 349 g/mol. The zero-order valence-electron chi connectivity index (χ0n) is 9.33. The van der Waals surface area contributed by atoms with E-state index in [-0.39, 0.29) is 6.04 Å². The van der Waals surface area contributed by atoms with E-state index in [1.54, 1.807) is 0 Å². The summed E-state index contributed by atoms with van der Waals surface area (Å²) in [6, 6.07) is 11.1. The van der Waals surface area contributed by atoms with Crippen LogP contribution in [0.2, 0.25) is 0 Å². The van der Waals surface area contributed by atoms with Crippen LogP contribution in [-0.2, 0) is 0 Å². The molecule has 0 saturated heterocycles. The summed E-state index contributed by atoms with van der Waals surface area (Å²) < 4.78 is 27.2. The molecule has 0 heterocycles. The molecule has 5 heteroatoms. The first-order chi connectivity index (χ1) is 8.61. The highest BCUT2D eigenvalue weighted by molar-refractivity contribution is 14.1. The summed E-state index contributed by atoms with van der Waals surface area (Å²) in [5.74, 6) is 3.77. The predicted molar refractivity (Wildman–Crippen MR) is 74.7 cm³/mol. The summed E-state index contributed by atoms with van der Waals surface area (Å²) >= 11 is 2.18. The number of hydrazine groups is 1. The van der Waals surface area contributed by atoms with E-state index in [4.69, 9.17) is 5.84 Å². The van der Waals surface area contributed by atoms with Crippen molar-refractivity contribution < 1.29 is 8.78 Å². The van der Waals surface area contributed by atoms with Crippen molar-refractivity contribution in [3.05, 3.63) is 68.8 Å². The van der Waals surface area contributed by atoms with Crippen LogP contribution in [-0.4, -0.2) is 0 Å². The van der Waals surface area contributed by atoms with Gasteiger partial charge in [-0.1, -0.05) is 18.2 Å². The van der Waals surface area contributed by atoms with Crippen LogP contribution in [0, 0.1) is 15.2 Å². The molecule has 0 radical (unpaired) electrons. The lowest BCUT2D eigenvalue weighted by Crippen LogP contribution is -2.29. The van der Waals surface area contributed by atoms with Gasteiger partial charge in [0, 0.05) is 3.57 Å². The van der Waals surface area contributed by atoms with Crippen LogP contribution in [0.1, 0.15) is 17.2 Å². The van der Waals surface area contributed by atoms with E-state index >= 15 is 0 Å². The highest BCUT2D eigenvalue weighted by Gasteiger charge is 2.14. The number of nitrogens with one attached hydrogen (secondary N) is 1. The van der Waals surface area contributed by atoms with E-state index in [0.29, 0.717) is 5.56 Å². The fraction of sp³-hybridized carbons (Fsp3) is 0.0769. The largest absolute Gasteiger partial charge is 0.271 e. The normalized spacial score (nSPS) is 12.4. The highest BCUT2D eigenvalue weighted by atomic mass is 127. The molecule has 0 fully saturated rings. The smallest absolute Gasteiger partial charge is 0.159 e. The van der Waals surface area contributed by atoms with Gasteiger partial charge in [-0.05, 0) is 58.0 Å². The highest BCUT2D eigenvalue weighted by Crippen LogP contribution is 2.24. The minimum Gasteiger partial charge on any atom is -0.271 e. The van der Waals surface area contributed by atoms with E-state index in [9.17, 15) is 8.78 Å². The molecule has 2 rings (SSSR count). The summed E-state index contributed by atoms with van der Waals surface area (Å²) in [6.45, 7) is 0. The third kappa shape index (κ3) is 2.85.